The quantitative estimate of drug-likeness (QED) is 0.583. The molecule has 4 rings (SSSR count). The number of hydrogen-bond acceptors (Lipinski definition) is 4. The van der Waals surface area contributed by atoms with Crippen LogP contribution in [-0.4, -0.2) is 23.2 Å². The number of thiocarbonyl (C=S) groups is 1. The van der Waals surface area contributed by atoms with Gasteiger partial charge in [0.25, 0.3) is 11.8 Å². The first kappa shape index (κ1) is 17.0. The Bertz CT molecular complexity index is 980. The molecule has 2 aromatic rings. The normalized spacial score (nSPS) is 19.5. The number of nitrogens with zero attached hydrogens (tertiary/aromatic N) is 2. The molecule has 0 saturated carbocycles. The molecular formula is C20H16N2O2S2. The topological polar surface area (TPSA) is 40.6 Å². The number of rotatable bonds is 2. The van der Waals surface area contributed by atoms with E-state index in [1.807, 2.05) is 48.5 Å². The molecule has 2 aliphatic heterocycles. The Kier molecular flexibility index (Phi) is 4.17. The molecule has 2 amide bonds. The van der Waals surface area contributed by atoms with Crippen LogP contribution in [0.3, 0.4) is 0 Å². The molecule has 0 radical (unpaired) electrons. The first-order valence-corrected chi connectivity index (χ1v) is 9.52. The summed E-state index contributed by atoms with van der Waals surface area (Å²) in [6.07, 6.45) is 0.931. The Hall–Kier alpha value is -2.44. The summed E-state index contributed by atoms with van der Waals surface area (Å²) in [6.45, 7) is 2.08. The van der Waals surface area contributed by atoms with E-state index < -0.39 is 0 Å². The molecule has 1 fully saturated rings. The van der Waals surface area contributed by atoms with E-state index in [1.165, 1.54) is 22.2 Å². The molecule has 0 atom stereocenters. The highest BCUT2D eigenvalue weighted by Gasteiger charge is 2.41. The Labute approximate surface area is 161 Å². The molecule has 2 heterocycles. The van der Waals surface area contributed by atoms with E-state index in [1.54, 1.807) is 11.9 Å². The molecule has 26 heavy (non-hydrogen) atoms. The molecule has 6 heteroatoms. The molecule has 2 aliphatic rings. The highest BCUT2D eigenvalue weighted by atomic mass is 32.2. The Morgan fingerprint density at radius 1 is 1.00 bits per heavy atom. The third-order valence-electron chi connectivity index (χ3n) is 4.65. The number of para-hydroxylation sites is 1. The van der Waals surface area contributed by atoms with Gasteiger partial charge in [0.2, 0.25) is 0 Å². The fourth-order valence-electron chi connectivity index (χ4n) is 3.21. The molecule has 130 valence electrons. The highest BCUT2D eigenvalue weighted by molar-refractivity contribution is 8.27. The number of thioether (sulfide) groups is 1. The predicted octanol–water partition coefficient (Wildman–Crippen LogP) is 4.00. The van der Waals surface area contributed by atoms with Crippen molar-refractivity contribution in [2.75, 3.05) is 16.8 Å². The molecule has 0 aliphatic carbocycles. The fourth-order valence-corrected chi connectivity index (χ4v) is 4.58. The van der Waals surface area contributed by atoms with Crippen molar-refractivity contribution in [1.29, 1.82) is 0 Å². The van der Waals surface area contributed by atoms with Gasteiger partial charge in [-0.1, -0.05) is 61.2 Å². The number of benzene rings is 2. The second-order valence-corrected chi connectivity index (χ2v) is 7.76. The van der Waals surface area contributed by atoms with E-state index in [9.17, 15) is 9.59 Å². The lowest BCUT2D eigenvalue weighted by atomic mass is 10.1. The van der Waals surface area contributed by atoms with Gasteiger partial charge in [-0.3, -0.25) is 14.5 Å². The van der Waals surface area contributed by atoms with Gasteiger partial charge in [-0.15, -0.1) is 0 Å². The van der Waals surface area contributed by atoms with E-state index in [0.29, 0.717) is 14.8 Å². The van der Waals surface area contributed by atoms with Crippen LogP contribution in [0.25, 0.3) is 5.57 Å². The zero-order chi connectivity index (χ0) is 18.4. The summed E-state index contributed by atoms with van der Waals surface area (Å²) in [5.74, 6) is -0.411. The highest BCUT2D eigenvalue weighted by Crippen LogP contribution is 2.44. The largest absolute Gasteiger partial charge is 0.311 e. The fraction of sp³-hybridized carbons (Fsp3) is 0.150. The van der Waals surface area contributed by atoms with E-state index in [2.05, 4.69) is 6.92 Å². The SMILES string of the molecule is CCc1ccc(N2C(=O)C(=C3C(=O)N(C)c4ccccc43)SC2=S)cc1. The lowest BCUT2D eigenvalue weighted by molar-refractivity contribution is -0.115. The minimum atomic E-state index is -0.238. The van der Waals surface area contributed by atoms with Crippen LogP contribution < -0.4 is 9.80 Å². The summed E-state index contributed by atoms with van der Waals surface area (Å²) in [4.78, 5) is 29.4. The van der Waals surface area contributed by atoms with Crippen LogP contribution in [0.15, 0.2) is 53.4 Å². The maximum Gasteiger partial charge on any atom is 0.271 e. The van der Waals surface area contributed by atoms with E-state index >= 15 is 0 Å². The maximum atomic E-state index is 13.1. The van der Waals surface area contributed by atoms with Crippen LogP contribution in [0, 0.1) is 0 Å². The Morgan fingerprint density at radius 3 is 2.38 bits per heavy atom. The lowest BCUT2D eigenvalue weighted by Gasteiger charge is -2.15. The zero-order valence-corrected chi connectivity index (χ0v) is 16.0. The van der Waals surface area contributed by atoms with Crippen molar-refractivity contribution in [1.82, 2.24) is 0 Å². The van der Waals surface area contributed by atoms with Crippen molar-refractivity contribution in [2.45, 2.75) is 13.3 Å². The number of anilines is 2. The molecule has 0 N–H and O–H groups in total. The smallest absolute Gasteiger partial charge is 0.271 e. The first-order chi connectivity index (χ1) is 12.5. The first-order valence-electron chi connectivity index (χ1n) is 8.30. The van der Waals surface area contributed by atoms with Crippen molar-refractivity contribution in [3.8, 4) is 0 Å². The minimum absolute atomic E-state index is 0.173. The van der Waals surface area contributed by atoms with E-state index in [-0.39, 0.29) is 11.8 Å². The molecule has 2 aromatic carbocycles. The van der Waals surface area contributed by atoms with Gasteiger partial charge in [0, 0.05) is 12.6 Å². The number of aryl methyl sites for hydroxylation is 1. The summed E-state index contributed by atoms with van der Waals surface area (Å²) in [5.41, 5.74) is 3.95. The molecular weight excluding hydrogens is 364 g/mol. The summed E-state index contributed by atoms with van der Waals surface area (Å²) in [6, 6.07) is 15.3. The third kappa shape index (κ3) is 2.48. The molecule has 1 saturated heterocycles. The van der Waals surface area contributed by atoms with Crippen molar-refractivity contribution in [2.24, 2.45) is 0 Å². The average molecular weight is 380 g/mol. The van der Waals surface area contributed by atoms with Gasteiger partial charge >= 0.3 is 0 Å². The molecule has 0 spiro atoms. The van der Waals surface area contributed by atoms with Gasteiger partial charge < -0.3 is 4.90 Å². The average Bonchev–Trinajstić information content (AvgIpc) is 3.09. The van der Waals surface area contributed by atoms with Crippen LogP contribution in [0.2, 0.25) is 0 Å². The number of likely N-dealkylation sites (N-methyl/N-ethyl adjacent to an activating group) is 1. The van der Waals surface area contributed by atoms with Gasteiger partial charge in [0.1, 0.15) is 0 Å². The summed E-state index contributed by atoms with van der Waals surface area (Å²) >= 11 is 6.64. The number of carbonyl (C=O) groups is 2. The molecule has 4 nitrogen and oxygen atoms in total. The van der Waals surface area contributed by atoms with Crippen LogP contribution in [0.5, 0.6) is 0 Å². The zero-order valence-electron chi connectivity index (χ0n) is 14.4. The molecule has 0 aromatic heterocycles. The van der Waals surface area contributed by atoms with Crippen LogP contribution >= 0.6 is 24.0 Å². The molecule has 0 unspecified atom stereocenters. The van der Waals surface area contributed by atoms with E-state index in [0.717, 1.165) is 23.4 Å². The summed E-state index contributed by atoms with van der Waals surface area (Å²) in [5, 5.41) is 0. The van der Waals surface area contributed by atoms with Gasteiger partial charge in [0.05, 0.1) is 21.9 Å². The summed E-state index contributed by atoms with van der Waals surface area (Å²) < 4.78 is 0.446. The van der Waals surface area contributed by atoms with Crippen molar-refractivity contribution >= 4 is 57.1 Å². The number of fused-ring (bicyclic) bond motifs is 1. The lowest BCUT2D eigenvalue weighted by Crippen LogP contribution is -2.28. The van der Waals surface area contributed by atoms with Crippen LogP contribution in [0.4, 0.5) is 11.4 Å². The third-order valence-corrected chi connectivity index (χ3v) is 6.03. The van der Waals surface area contributed by atoms with Crippen molar-refractivity contribution in [3.63, 3.8) is 0 Å². The Balaban J connectivity index is 1.80. The number of hydrogen-bond donors (Lipinski definition) is 0. The Morgan fingerprint density at radius 2 is 1.69 bits per heavy atom. The van der Waals surface area contributed by atoms with Gasteiger partial charge in [-0.05, 0) is 30.2 Å². The summed E-state index contributed by atoms with van der Waals surface area (Å²) in [7, 11) is 1.72. The standard InChI is InChI=1S/C20H16N2O2S2/c1-3-12-8-10-13(11-9-12)22-19(24)17(26-20(22)25)16-14-6-4-5-7-15(14)21(2)18(16)23/h4-11H,3H2,1-2H3. The second kappa shape index (κ2) is 6.37. The number of carbonyl (C=O) groups excluding carboxylic acids is 2. The number of amides is 2. The monoisotopic (exact) mass is 380 g/mol. The van der Waals surface area contributed by atoms with Gasteiger partial charge in [-0.2, -0.15) is 0 Å². The molecule has 0 bridgehead atoms. The minimum Gasteiger partial charge on any atom is -0.311 e. The maximum absolute atomic E-state index is 13.1. The second-order valence-electron chi connectivity index (χ2n) is 6.11. The van der Waals surface area contributed by atoms with Crippen LogP contribution in [0.1, 0.15) is 18.1 Å². The van der Waals surface area contributed by atoms with Crippen LogP contribution in [-0.2, 0) is 16.0 Å². The van der Waals surface area contributed by atoms with E-state index in [4.69, 9.17) is 12.2 Å². The predicted molar refractivity (Wildman–Crippen MR) is 110 cm³/mol. The van der Waals surface area contributed by atoms with Gasteiger partial charge in [-0.25, -0.2) is 0 Å². The van der Waals surface area contributed by atoms with Gasteiger partial charge in [0.15, 0.2) is 4.32 Å². The van der Waals surface area contributed by atoms with Crippen molar-refractivity contribution in [3.05, 3.63) is 64.6 Å². The van der Waals surface area contributed by atoms with Crippen molar-refractivity contribution < 1.29 is 9.59 Å².